The van der Waals surface area contributed by atoms with Gasteiger partial charge in [0.25, 0.3) is 11.1 Å². The number of rotatable bonds is 5. The van der Waals surface area contributed by atoms with E-state index in [1.807, 2.05) is 30.3 Å². The molecule has 1 aliphatic rings. The predicted octanol–water partition coefficient (Wildman–Crippen LogP) is 6.70. The van der Waals surface area contributed by atoms with Gasteiger partial charge in [0.15, 0.2) is 0 Å². The lowest BCUT2D eigenvalue weighted by atomic mass is 10.1. The zero-order valence-corrected chi connectivity index (χ0v) is 17.7. The van der Waals surface area contributed by atoms with Crippen molar-refractivity contribution in [1.29, 1.82) is 0 Å². The smallest absolute Gasteiger partial charge is 0.293 e. The van der Waals surface area contributed by atoms with Crippen LogP contribution in [-0.2, 0) is 11.3 Å². The van der Waals surface area contributed by atoms with E-state index in [4.69, 9.17) is 11.6 Å². The number of amides is 2. The summed E-state index contributed by atoms with van der Waals surface area (Å²) in [5.41, 5.74) is 2.24. The van der Waals surface area contributed by atoms with Crippen LogP contribution in [0.3, 0.4) is 0 Å². The van der Waals surface area contributed by atoms with Gasteiger partial charge < -0.3 is 5.11 Å². The predicted molar refractivity (Wildman–Crippen MR) is 122 cm³/mol. The zero-order valence-electron chi connectivity index (χ0n) is 16.1. The van der Waals surface area contributed by atoms with Gasteiger partial charge in [-0.15, -0.1) is 0 Å². The number of azo groups is 1. The van der Waals surface area contributed by atoms with Gasteiger partial charge >= 0.3 is 0 Å². The number of hydrogen-bond donors (Lipinski definition) is 1. The van der Waals surface area contributed by atoms with Crippen LogP contribution in [0, 0.1) is 0 Å². The molecule has 3 aromatic carbocycles. The fourth-order valence-corrected chi connectivity index (χ4v) is 3.93. The minimum absolute atomic E-state index is 0.0310. The fraction of sp³-hybridized carbons (Fsp3) is 0.0435. The Bertz CT molecular complexity index is 1210. The first kappa shape index (κ1) is 20.8. The van der Waals surface area contributed by atoms with Gasteiger partial charge in [-0.25, -0.2) is 0 Å². The second kappa shape index (κ2) is 9.16. The number of thioether (sulfide) groups is 1. The molecule has 6 nitrogen and oxygen atoms in total. The third kappa shape index (κ3) is 4.84. The molecule has 1 aliphatic heterocycles. The van der Waals surface area contributed by atoms with E-state index >= 15 is 0 Å². The topological polar surface area (TPSA) is 82.3 Å². The number of imide groups is 1. The quantitative estimate of drug-likeness (QED) is 0.347. The van der Waals surface area contributed by atoms with E-state index in [0.717, 1.165) is 16.7 Å². The van der Waals surface area contributed by atoms with Crippen LogP contribution in [-0.4, -0.2) is 21.2 Å². The molecular formula is C23H16ClN3O3S. The van der Waals surface area contributed by atoms with Gasteiger partial charge in [0, 0.05) is 10.6 Å². The summed E-state index contributed by atoms with van der Waals surface area (Å²) in [6.45, 7) is 0.0823. The fourth-order valence-electron chi connectivity index (χ4n) is 2.90. The lowest BCUT2D eigenvalue weighted by molar-refractivity contribution is -0.123. The summed E-state index contributed by atoms with van der Waals surface area (Å²) >= 11 is 6.97. The van der Waals surface area contributed by atoms with Gasteiger partial charge in [-0.2, -0.15) is 10.2 Å². The van der Waals surface area contributed by atoms with Crippen LogP contribution in [0.5, 0.6) is 5.75 Å². The van der Waals surface area contributed by atoms with Gasteiger partial charge in [-0.05, 0) is 59.8 Å². The normalized spacial score (nSPS) is 15.4. The van der Waals surface area contributed by atoms with Crippen molar-refractivity contribution in [2.45, 2.75) is 6.54 Å². The second-order valence-corrected chi connectivity index (χ2v) is 8.04. The van der Waals surface area contributed by atoms with E-state index in [1.54, 1.807) is 36.4 Å². The van der Waals surface area contributed by atoms with E-state index in [0.29, 0.717) is 27.5 Å². The monoisotopic (exact) mass is 449 g/mol. The zero-order chi connectivity index (χ0) is 21.8. The van der Waals surface area contributed by atoms with Crippen LogP contribution in [0.15, 0.2) is 87.9 Å². The lowest BCUT2D eigenvalue weighted by Crippen LogP contribution is -2.27. The Morgan fingerprint density at radius 3 is 2.42 bits per heavy atom. The number of phenols is 1. The van der Waals surface area contributed by atoms with Crippen molar-refractivity contribution < 1.29 is 14.7 Å². The molecule has 0 bridgehead atoms. The number of carbonyl (C=O) groups is 2. The minimum atomic E-state index is -0.439. The molecule has 0 radical (unpaired) electrons. The van der Waals surface area contributed by atoms with E-state index in [1.165, 1.54) is 12.1 Å². The second-order valence-electron chi connectivity index (χ2n) is 6.64. The number of hydrogen-bond acceptors (Lipinski definition) is 6. The average molecular weight is 450 g/mol. The van der Waals surface area contributed by atoms with Crippen LogP contribution in [0.2, 0.25) is 5.02 Å². The molecule has 1 saturated heterocycles. The third-order valence-electron chi connectivity index (χ3n) is 4.49. The molecule has 0 unspecified atom stereocenters. The minimum Gasteiger partial charge on any atom is -0.507 e. The third-order valence-corrected chi connectivity index (χ3v) is 5.77. The molecule has 0 atom stereocenters. The summed E-state index contributed by atoms with van der Waals surface area (Å²) in [5.74, 6) is -0.470. The number of nitrogens with zero attached hydrogens (tertiary/aromatic N) is 3. The molecular weight excluding hydrogens is 434 g/mol. The van der Waals surface area contributed by atoms with Crippen molar-refractivity contribution in [2.24, 2.45) is 10.2 Å². The van der Waals surface area contributed by atoms with Crippen LogP contribution in [0.1, 0.15) is 11.1 Å². The van der Waals surface area contributed by atoms with Crippen LogP contribution in [0.4, 0.5) is 16.2 Å². The summed E-state index contributed by atoms with van der Waals surface area (Å²) in [5, 5.41) is 18.6. The Morgan fingerprint density at radius 2 is 1.65 bits per heavy atom. The number of benzene rings is 3. The Morgan fingerprint density at radius 1 is 0.935 bits per heavy atom. The maximum absolute atomic E-state index is 12.8. The Labute approximate surface area is 187 Å². The van der Waals surface area contributed by atoms with Gasteiger partial charge in [-0.1, -0.05) is 48.0 Å². The first-order valence-corrected chi connectivity index (χ1v) is 10.5. The Hall–Kier alpha value is -3.42. The van der Waals surface area contributed by atoms with Crippen LogP contribution in [0.25, 0.3) is 6.08 Å². The SMILES string of the molecule is O=C1S/C(=C\c2cc(N=Nc3ccccc3)ccc2O)C(=O)N1Cc1ccccc1Cl. The average Bonchev–Trinajstić information content (AvgIpc) is 3.04. The molecule has 2 amide bonds. The highest BCUT2D eigenvalue weighted by Gasteiger charge is 2.35. The molecule has 1 heterocycles. The van der Waals surface area contributed by atoms with Crippen molar-refractivity contribution in [3.8, 4) is 5.75 Å². The largest absolute Gasteiger partial charge is 0.507 e. The van der Waals surface area contributed by atoms with Crippen LogP contribution < -0.4 is 0 Å². The summed E-state index contributed by atoms with van der Waals surface area (Å²) in [6.07, 6.45) is 1.48. The number of aromatic hydroxyl groups is 1. The molecule has 0 spiro atoms. The molecule has 0 saturated carbocycles. The first-order chi connectivity index (χ1) is 15.0. The number of phenolic OH excluding ortho intramolecular Hbond substituents is 1. The van der Waals surface area contributed by atoms with Crippen molar-refractivity contribution in [2.75, 3.05) is 0 Å². The van der Waals surface area contributed by atoms with Crippen molar-refractivity contribution >= 4 is 52.0 Å². The molecule has 8 heteroatoms. The van der Waals surface area contributed by atoms with Crippen molar-refractivity contribution in [1.82, 2.24) is 4.90 Å². The Kier molecular flexibility index (Phi) is 6.16. The van der Waals surface area contributed by atoms with Crippen LogP contribution >= 0.6 is 23.4 Å². The van der Waals surface area contributed by atoms with E-state index in [-0.39, 0.29) is 17.2 Å². The van der Waals surface area contributed by atoms with E-state index in [9.17, 15) is 14.7 Å². The molecule has 154 valence electrons. The first-order valence-electron chi connectivity index (χ1n) is 9.30. The van der Waals surface area contributed by atoms with Gasteiger partial charge in [0.05, 0.1) is 22.8 Å². The standard InChI is InChI=1S/C23H16ClN3O3S/c24-19-9-5-4-6-15(19)14-27-22(29)21(31-23(27)30)13-16-12-18(10-11-20(16)28)26-25-17-7-2-1-3-8-17/h1-13,28H,14H2/b21-13-,26-25?. The summed E-state index contributed by atoms with van der Waals surface area (Å²) in [7, 11) is 0. The molecule has 4 rings (SSSR count). The molecule has 31 heavy (non-hydrogen) atoms. The molecule has 0 aromatic heterocycles. The summed E-state index contributed by atoms with van der Waals surface area (Å²) in [4.78, 5) is 26.5. The van der Waals surface area contributed by atoms with E-state index < -0.39 is 11.1 Å². The molecule has 0 aliphatic carbocycles. The molecule has 1 N–H and O–H groups in total. The summed E-state index contributed by atoms with van der Waals surface area (Å²) < 4.78 is 0. The lowest BCUT2D eigenvalue weighted by Gasteiger charge is -2.13. The maximum Gasteiger partial charge on any atom is 0.293 e. The molecule has 1 fully saturated rings. The van der Waals surface area contributed by atoms with Gasteiger partial charge in [0.1, 0.15) is 5.75 Å². The maximum atomic E-state index is 12.8. The van der Waals surface area contributed by atoms with Crippen molar-refractivity contribution in [3.05, 3.63) is 93.9 Å². The molecule has 3 aromatic rings. The highest BCUT2D eigenvalue weighted by molar-refractivity contribution is 8.18. The Balaban J connectivity index is 1.57. The van der Waals surface area contributed by atoms with Gasteiger partial charge in [0.2, 0.25) is 0 Å². The van der Waals surface area contributed by atoms with Gasteiger partial charge in [-0.3, -0.25) is 14.5 Å². The number of carbonyl (C=O) groups excluding carboxylic acids is 2. The van der Waals surface area contributed by atoms with Crippen molar-refractivity contribution in [3.63, 3.8) is 0 Å². The highest BCUT2D eigenvalue weighted by Crippen LogP contribution is 2.36. The van der Waals surface area contributed by atoms with E-state index in [2.05, 4.69) is 10.2 Å². The summed E-state index contributed by atoms with van der Waals surface area (Å²) in [6, 6.07) is 21.0. The highest BCUT2D eigenvalue weighted by atomic mass is 35.5. The number of halogens is 1.